The molecular weight excluding hydrogens is 450 g/mol. The molecule has 0 atom stereocenters. The minimum Gasteiger partial charge on any atom is -0.497 e. The molecule has 0 bridgehead atoms. The van der Waals surface area contributed by atoms with E-state index in [1.54, 1.807) is 14.2 Å². The van der Waals surface area contributed by atoms with Crippen LogP contribution in [-0.2, 0) is 18.7 Å². The van der Waals surface area contributed by atoms with E-state index in [0.717, 1.165) is 23.8 Å². The van der Waals surface area contributed by atoms with Gasteiger partial charge in [0.25, 0.3) is 0 Å². The van der Waals surface area contributed by atoms with Gasteiger partial charge in [-0.05, 0) is 73.9 Å². The van der Waals surface area contributed by atoms with Crippen LogP contribution in [0.1, 0.15) is 47.6 Å². The Labute approximate surface area is 213 Å². The first kappa shape index (κ1) is 25.5. The molecule has 36 heavy (non-hydrogen) atoms. The average Bonchev–Trinajstić information content (AvgIpc) is 3.38. The second-order valence-electron chi connectivity index (χ2n) is 9.42. The maximum Gasteiger partial charge on any atom is 0.173 e. The van der Waals surface area contributed by atoms with Crippen LogP contribution in [0.3, 0.4) is 0 Å². The number of aryl methyl sites for hydroxylation is 1. The van der Waals surface area contributed by atoms with Crippen LogP contribution in [0.4, 0.5) is 0 Å². The summed E-state index contributed by atoms with van der Waals surface area (Å²) in [7, 11) is 3.25. The number of hydrogen-bond acceptors (Lipinski definition) is 5. The van der Waals surface area contributed by atoms with E-state index in [-0.39, 0.29) is 0 Å². The Hall–Kier alpha value is -3.54. The molecule has 4 aromatic rings. The zero-order chi connectivity index (χ0) is 25.7. The van der Waals surface area contributed by atoms with Gasteiger partial charge in [0.2, 0.25) is 0 Å². The molecule has 0 fully saturated rings. The zero-order valence-corrected chi connectivity index (χ0v) is 21.7. The third-order valence-corrected chi connectivity index (χ3v) is 6.63. The predicted octanol–water partition coefficient (Wildman–Crippen LogP) is 6.30. The highest BCUT2D eigenvalue weighted by Gasteiger charge is 2.37. The van der Waals surface area contributed by atoms with Crippen LogP contribution < -0.4 is 9.47 Å². The minimum absolute atomic E-state index is 0.321. The molecule has 0 saturated heterocycles. The van der Waals surface area contributed by atoms with E-state index in [9.17, 15) is 5.11 Å². The third-order valence-electron chi connectivity index (χ3n) is 6.63. The van der Waals surface area contributed by atoms with Crippen molar-refractivity contribution in [2.45, 2.75) is 45.5 Å². The predicted molar refractivity (Wildman–Crippen MR) is 142 cm³/mol. The summed E-state index contributed by atoms with van der Waals surface area (Å²) < 4.78 is 17.0. The van der Waals surface area contributed by atoms with Gasteiger partial charge in [0, 0.05) is 12.6 Å². The Morgan fingerprint density at radius 2 is 1.28 bits per heavy atom. The summed E-state index contributed by atoms with van der Waals surface area (Å²) >= 11 is 0. The van der Waals surface area contributed by atoms with Crippen LogP contribution in [0.15, 0.2) is 89.3 Å². The number of aliphatic hydroxyl groups is 1. The lowest BCUT2D eigenvalue weighted by atomic mass is 9.84. The molecule has 5 heteroatoms. The number of furan rings is 1. The van der Waals surface area contributed by atoms with E-state index < -0.39 is 5.60 Å². The van der Waals surface area contributed by atoms with Gasteiger partial charge in [-0.15, -0.1) is 0 Å². The molecule has 0 aliphatic carbocycles. The summed E-state index contributed by atoms with van der Waals surface area (Å²) in [5.41, 5.74) is 2.41. The summed E-state index contributed by atoms with van der Waals surface area (Å²) in [6.45, 7) is 7.91. The Bertz CT molecular complexity index is 1190. The summed E-state index contributed by atoms with van der Waals surface area (Å²) in [4.78, 5) is 2.35. The second kappa shape index (κ2) is 11.0. The molecule has 0 spiro atoms. The third kappa shape index (κ3) is 5.48. The second-order valence-corrected chi connectivity index (χ2v) is 9.42. The van der Waals surface area contributed by atoms with Gasteiger partial charge in [-0.1, -0.05) is 54.1 Å². The van der Waals surface area contributed by atoms with Gasteiger partial charge < -0.3 is 19.0 Å². The van der Waals surface area contributed by atoms with Gasteiger partial charge >= 0.3 is 0 Å². The Morgan fingerprint density at radius 3 is 1.75 bits per heavy atom. The molecule has 0 amide bonds. The van der Waals surface area contributed by atoms with Gasteiger partial charge in [-0.3, -0.25) is 4.90 Å². The zero-order valence-electron chi connectivity index (χ0n) is 21.7. The van der Waals surface area contributed by atoms with Gasteiger partial charge in [0.05, 0.1) is 20.8 Å². The molecule has 4 rings (SSSR count). The molecule has 0 aliphatic heterocycles. The van der Waals surface area contributed by atoms with Crippen molar-refractivity contribution in [1.29, 1.82) is 0 Å². The normalized spacial score (nSPS) is 11.8. The largest absolute Gasteiger partial charge is 0.497 e. The molecular formula is C31H35NO4. The van der Waals surface area contributed by atoms with Crippen molar-refractivity contribution in [3.8, 4) is 11.5 Å². The molecule has 188 valence electrons. The molecule has 1 N–H and O–H groups in total. The summed E-state index contributed by atoms with van der Waals surface area (Å²) in [5.74, 6) is 2.71. The van der Waals surface area contributed by atoms with E-state index in [1.165, 1.54) is 11.1 Å². The topological polar surface area (TPSA) is 55.1 Å². The van der Waals surface area contributed by atoms with Crippen LogP contribution in [-0.4, -0.2) is 30.3 Å². The fraction of sp³-hybridized carbons (Fsp3) is 0.290. The van der Waals surface area contributed by atoms with Crippen molar-refractivity contribution in [1.82, 2.24) is 4.90 Å². The smallest absolute Gasteiger partial charge is 0.173 e. The Kier molecular flexibility index (Phi) is 7.82. The maximum absolute atomic E-state index is 12.2. The molecule has 3 aromatic carbocycles. The van der Waals surface area contributed by atoms with Crippen molar-refractivity contribution in [2.24, 2.45) is 0 Å². The first-order chi connectivity index (χ1) is 17.3. The highest BCUT2D eigenvalue weighted by Crippen LogP contribution is 2.39. The highest BCUT2D eigenvalue weighted by atomic mass is 16.5. The van der Waals surface area contributed by atoms with E-state index in [2.05, 4.69) is 49.9 Å². The van der Waals surface area contributed by atoms with Crippen molar-refractivity contribution in [3.05, 3.63) is 119 Å². The molecule has 1 heterocycles. The number of ether oxygens (including phenoxy) is 2. The average molecular weight is 486 g/mol. The van der Waals surface area contributed by atoms with E-state index in [4.69, 9.17) is 13.9 Å². The summed E-state index contributed by atoms with van der Waals surface area (Å²) in [6.07, 6.45) is 0. The van der Waals surface area contributed by atoms with Crippen molar-refractivity contribution >= 4 is 0 Å². The fourth-order valence-electron chi connectivity index (χ4n) is 4.32. The number of hydrogen-bond donors (Lipinski definition) is 1. The molecule has 0 aliphatic rings. The standard InChI is InChI=1S/C31H35NO4/c1-22(2)32(20-24-8-6-23(3)7-9-24)21-29-18-19-30(36-29)31(33,25-10-14-27(34-4)15-11-25)26-12-16-28(35-5)17-13-26/h6-19,22,33H,20-21H2,1-5H3. The van der Waals surface area contributed by atoms with Gasteiger partial charge in [0.1, 0.15) is 23.0 Å². The summed E-state index contributed by atoms with van der Waals surface area (Å²) in [5, 5.41) is 12.2. The van der Waals surface area contributed by atoms with E-state index in [1.807, 2.05) is 60.7 Å². The highest BCUT2D eigenvalue weighted by molar-refractivity contribution is 5.46. The Morgan fingerprint density at radius 1 is 0.750 bits per heavy atom. The van der Waals surface area contributed by atoms with Gasteiger partial charge in [-0.25, -0.2) is 0 Å². The van der Waals surface area contributed by atoms with Crippen molar-refractivity contribution in [2.75, 3.05) is 14.2 Å². The van der Waals surface area contributed by atoms with Gasteiger partial charge in [0.15, 0.2) is 5.60 Å². The van der Waals surface area contributed by atoms with Crippen LogP contribution >= 0.6 is 0 Å². The molecule has 1 aromatic heterocycles. The van der Waals surface area contributed by atoms with Crippen LogP contribution in [0, 0.1) is 6.92 Å². The quantitative estimate of drug-likeness (QED) is 0.286. The summed E-state index contributed by atoms with van der Waals surface area (Å²) in [6, 6.07) is 27.6. The minimum atomic E-state index is -1.48. The van der Waals surface area contributed by atoms with Gasteiger partial charge in [-0.2, -0.15) is 0 Å². The molecule has 5 nitrogen and oxygen atoms in total. The molecule has 0 unspecified atom stereocenters. The van der Waals surface area contributed by atoms with Crippen LogP contribution in [0.25, 0.3) is 0 Å². The first-order valence-electron chi connectivity index (χ1n) is 12.2. The maximum atomic E-state index is 12.2. The molecule has 0 saturated carbocycles. The monoisotopic (exact) mass is 485 g/mol. The van der Waals surface area contributed by atoms with E-state index >= 15 is 0 Å². The number of nitrogens with zero attached hydrogens (tertiary/aromatic N) is 1. The lowest BCUT2D eigenvalue weighted by molar-refractivity contribution is 0.0939. The lowest BCUT2D eigenvalue weighted by Crippen LogP contribution is -2.30. The first-order valence-corrected chi connectivity index (χ1v) is 12.2. The van der Waals surface area contributed by atoms with Crippen molar-refractivity contribution in [3.63, 3.8) is 0 Å². The molecule has 0 radical (unpaired) electrons. The number of benzene rings is 3. The van der Waals surface area contributed by atoms with Crippen LogP contribution in [0.5, 0.6) is 11.5 Å². The SMILES string of the molecule is COc1ccc(C(O)(c2ccc(OC)cc2)c2ccc(CN(Cc3ccc(C)cc3)C(C)C)o2)cc1. The van der Waals surface area contributed by atoms with E-state index in [0.29, 0.717) is 29.5 Å². The number of rotatable bonds is 10. The Balaban J connectivity index is 1.67. The number of methoxy groups -OCH3 is 2. The van der Waals surface area contributed by atoms with Crippen molar-refractivity contribution < 1.29 is 19.0 Å². The van der Waals surface area contributed by atoms with Crippen LogP contribution in [0.2, 0.25) is 0 Å². The fourth-order valence-corrected chi connectivity index (χ4v) is 4.32. The lowest BCUT2D eigenvalue weighted by Gasteiger charge is -2.28.